The van der Waals surface area contributed by atoms with E-state index in [-0.39, 0.29) is 30.4 Å². The second-order valence-electron chi connectivity index (χ2n) is 14.0. The molecule has 0 saturated heterocycles. The van der Waals surface area contributed by atoms with Crippen molar-refractivity contribution in [3.05, 3.63) is 0 Å². The third kappa shape index (κ3) is 25.1. The summed E-state index contributed by atoms with van der Waals surface area (Å²) in [6.07, 6.45) is 31.1. The van der Waals surface area contributed by atoms with Crippen LogP contribution in [0.15, 0.2) is 0 Å². The minimum atomic E-state index is -0.0897. The molecule has 0 heterocycles. The highest BCUT2D eigenvalue weighted by Crippen LogP contribution is 2.35. The second kappa shape index (κ2) is 29.9. The Morgan fingerprint density at radius 3 is 1.72 bits per heavy atom. The van der Waals surface area contributed by atoms with E-state index in [0.29, 0.717) is 37.3 Å². The lowest BCUT2D eigenvalue weighted by molar-refractivity contribution is -0.645. The molecule has 1 amide bonds. The smallest absolute Gasteiger partial charge is 0.361 e. The maximum Gasteiger partial charge on any atom is 0.361 e. The van der Waals surface area contributed by atoms with Gasteiger partial charge in [-0.2, -0.15) is 0 Å². The normalized spacial score (nSPS) is 18.4. The highest BCUT2D eigenvalue weighted by Gasteiger charge is 2.33. The van der Waals surface area contributed by atoms with E-state index in [1.165, 1.54) is 128 Å². The Kier molecular flexibility index (Phi) is 29.3. The van der Waals surface area contributed by atoms with E-state index in [1.807, 2.05) is 5.32 Å². The van der Waals surface area contributed by atoms with Crippen LogP contribution >= 0.6 is 0 Å². The molecule has 0 aromatic heterocycles. The van der Waals surface area contributed by atoms with Crippen LogP contribution in [0.4, 0.5) is 0 Å². The zero-order valence-corrected chi connectivity index (χ0v) is 29.8. The van der Waals surface area contributed by atoms with Crippen LogP contribution in [0.5, 0.6) is 0 Å². The van der Waals surface area contributed by atoms with Crippen LogP contribution in [0, 0.1) is 17.8 Å². The van der Waals surface area contributed by atoms with Crippen LogP contribution in [0.1, 0.15) is 182 Å². The molecule has 5 nitrogen and oxygen atoms in total. The number of hydrogen-bond acceptors (Lipinski definition) is 3. The van der Waals surface area contributed by atoms with Gasteiger partial charge in [-0.15, -0.1) is 0 Å². The molecule has 1 rings (SSSR count). The van der Waals surface area contributed by atoms with Gasteiger partial charge in [-0.25, -0.2) is 4.79 Å². The van der Waals surface area contributed by atoms with Crippen molar-refractivity contribution < 1.29 is 32.0 Å². The first kappa shape index (κ1) is 42.2. The first-order chi connectivity index (χ1) is 20.4. The lowest BCUT2D eigenvalue weighted by Crippen LogP contribution is -3.00. The maximum atomic E-state index is 12.4. The number of ether oxygens (including phenoxy) is 1. The monoisotopic (exact) mass is 629 g/mol. The summed E-state index contributed by atoms with van der Waals surface area (Å²) in [4.78, 5) is 24.5. The van der Waals surface area contributed by atoms with Crippen molar-refractivity contribution in [2.24, 2.45) is 17.8 Å². The number of carbonyl (C=O) groups excluding carboxylic acids is 2. The van der Waals surface area contributed by atoms with Crippen molar-refractivity contribution in [1.29, 1.82) is 0 Å². The van der Waals surface area contributed by atoms with E-state index in [2.05, 4.69) is 33.0 Å². The summed E-state index contributed by atoms with van der Waals surface area (Å²) in [5.74, 6) is 1.78. The van der Waals surface area contributed by atoms with Gasteiger partial charge in [0.25, 0.3) is 0 Å². The van der Waals surface area contributed by atoms with Crippen molar-refractivity contribution in [2.45, 2.75) is 188 Å². The first-order valence-electron chi connectivity index (χ1n) is 18.7. The van der Waals surface area contributed by atoms with Crippen molar-refractivity contribution in [1.82, 2.24) is 5.32 Å². The van der Waals surface area contributed by atoms with Gasteiger partial charge < -0.3 is 27.8 Å². The van der Waals surface area contributed by atoms with Gasteiger partial charge in [0.2, 0.25) is 5.91 Å². The van der Waals surface area contributed by atoms with E-state index in [4.69, 9.17) is 4.74 Å². The molecule has 0 unspecified atom stereocenters. The summed E-state index contributed by atoms with van der Waals surface area (Å²) in [6, 6.07) is 0. The van der Waals surface area contributed by atoms with Crippen molar-refractivity contribution in [2.75, 3.05) is 19.6 Å². The van der Waals surface area contributed by atoms with E-state index in [9.17, 15) is 9.59 Å². The number of unbranched alkanes of at least 4 members (excludes halogenated alkanes) is 18. The van der Waals surface area contributed by atoms with Crippen LogP contribution in [0.3, 0.4) is 0 Å². The van der Waals surface area contributed by atoms with Crippen molar-refractivity contribution in [3.8, 4) is 0 Å². The van der Waals surface area contributed by atoms with Crippen LogP contribution < -0.4 is 23.0 Å². The number of halogens is 1. The number of carbonyl (C=O) groups is 2. The first-order valence-corrected chi connectivity index (χ1v) is 18.7. The molecule has 0 aromatic rings. The Labute approximate surface area is 274 Å². The van der Waals surface area contributed by atoms with Gasteiger partial charge in [-0.3, -0.25) is 4.79 Å². The fraction of sp³-hybridized carbons (Fsp3) is 0.946. The topological polar surface area (TPSA) is 72.0 Å². The minimum absolute atomic E-state index is 0. The number of rotatable bonds is 28. The third-order valence-electron chi connectivity index (χ3n) is 9.47. The standard InChI is InChI=1S/C37H72N2O3.ClH/c1-5-6-7-8-9-10-11-12-13-14-15-16-17-18-19-20-21-22-23-25-36(40)39-29-24-28-38-31-37(41)42-35-30-33(4)26-27-34(35)32(2)3;/h32-35,38H,5-31H2,1-4H3,(H,39,40);1H/t33-,34+,35-;/m0./s1. The molecule has 3 N–H and O–H groups in total. The van der Waals surface area contributed by atoms with Crippen LogP contribution in [-0.2, 0) is 14.3 Å². The minimum Gasteiger partial charge on any atom is -1.00 e. The molecular formula is C37H73ClN2O3. The average Bonchev–Trinajstić information content (AvgIpc) is 2.96. The lowest BCUT2D eigenvalue weighted by Gasteiger charge is -2.36. The van der Waals surface area contributed by atoms with E-state index < -0.39 is 0 Å². The third-order valence-corrected chi connectivity index (χ3v) is 9.47. The maximum absolute atomic E-state index is 12.4. The second-order valence-corrected chi connectivity index (χ2v) is 14.0. The Morgan fingerprint density at radius 2 is 1.23 bits per heavy atom. The zero-order valence-electron chi connectivity index (χ0n) is 29.1. The number of nitrogens with one attached hydrogen (secondary N) is 1. The molecule has 3 atom stereocenters. The molecule has 0 aliphatic heterocycles. The molecule has 43 heavy (non-hydrogen) atoms. The predicted molar refractivity (Wildman–Crippen MR) is 179 cm³/mol. The number of hydrogen-bond donors (Lipinski definition) is 2. The molecule has 0 spiro atoms. The fourth-order valence-electron chi connectivity index (χ4n) is 6.61. The van der Waals surface area contributed by atoms with Gasteiger partial charge in [-0.05, 0) is 37.0 Å². The number of amides is 1. The van der Waals surface area contributed by atoms with Gasteiger partial charge >= 0.3 is 5.97 Å². The highest BCUT2D eigenvalue weighted by atomic mass is 35.5. The number of esters is 1. The molecule has 1 aliphatic carbocycles. The average molecular weight is 629 g/mol. The van der Waals surface area contributed by atoms with Crippen molar-refractivity contribution >= 4 is 11.9 Å². The molecule has 0 bridgehead atoms. The van der Waals surface area contributed by atoms with Gasteiger partial charge in [0, 0.05) is 19.4 Å². The van der Waals surface area contributed by atoms with Crippen LogP contribution in [0.25, 0.3) is 0 Å². The molecule has 6 heteroatoms. The Bertz CT molecular complexity index is 645. The molecule has 256 valence electrons. The SMILES string of the molecule is CCCCCCCCCCCCCCCCCCCCCC(=O)NCCC[NH2+]CC(=O)O[C@H]1C[C@@H](C)CC[C@@H]1C(C)C.[Cl-]. The molecule has 0 aromatic carbocycles. The molecule has 0 radical (unpaired) electrons. The van der Waals surface area contributed by atoms with Gasteiger partial charge in [-0.1, -0.05) is 150 Å². The van der Waals surface area contributed by atoms with Gasteiger partial charge in [0.15, 0.2) is 6.54 Å². The predicted octanol–water partition coefficient (Wildman–Crippen LogP) is 5.89. The molecule has 1 fully saturated rings. The summed E-state index contributed by atoms with van der Waals surface area (Å²) in [6.45, 7) is 10.9. The Balaban J connectivity index is 0.0000176. The summed E-state index contributed by atoms with van der Waals surface area (Å²) in [7, 11) is 0. The molecular weight excluding hydrogens is 556 g/mol. The highest BCUT2D eigenvalue weighted by molar-refractivity contribution is 5.75. The quantitative estimate of drug-likeness (QED) is 0.0839. The zero-order chi connectivity index (χ0) is 30.7. The van der Waals surface area contributed by atoms with E-state index in [0.717, 1.165) is 25.8 Å². The van der Waals surface area contributed by atoms with Crippen LogP contribution in [-0.4, -0.2) is 37.6 Å². The summed E-state index contributed by atoms with van der Waals surface area (Å²) >= 11 is 0. The fourth-order valence-corrected chi connectivity index (χ4v) is 6.61. The van der Waals surface area contributed by atoms with Gasteiger partial charge in [0.1, 0.15) is 6.10 Å². The summed E-state index contributed by atoms with van der Waals surface area (Å²) in [5.41, 5.74) is 0. The lowest BCUT2D eigenvalue weighted by atomic mass is 9.75. The molecule has 1 aliphatic rings. The number of quaternary nitrogens is 1. The van der Waals surface area contributed by atoms with E-state index >= 15 is 0 Å². The van der Waals surface area contributed by atoms with E-state index in [1.54, 1.807) is 0 Å². The Morgan fingerprint density at radius 1 is 0.744 bits per heavy atom. The molecule has 1 saturated carbocycles. The summed E-state index contributed by atoms with van der Waals surface area (Å²) < 4.78 is 5.87. The van der Waals surface area contributed by atoms with Crippen molar-refractivity contribution in [3.63, 3.8) is 0 Å². The summed E-state index contributed by atoms with van der Waals surface area (Å²) in [5, 5.41) is 5.06. The largest absolute Gasteiger partial charge is 1.00 e. The Hall–Kier alpha value is -0.810. The van der Waals surface area contributed by atoms with Crippen LogP contribution in [0.2, 0.25) is 0 Å². The van der Waals surface area contributed by atoms with Gasteiger partial charge in [0.05, 0.1) is 6.54 Å². The number of nitrogens with two attached hydrogens (primary N) is 1.